The minimum absolute atomic E-state index is 0.423. The van der Waals surface area contributed by atoms with Crippen LogP contribution < -0.4 is 5.32 Å². The maximum Gasteiger partial charge on any atom is -0.0167 e. The molecule has 0 aliphatic heterocycles. The molecule has 0 spiro atoms. The Bertz CT molecular complexity index is 556. The molecule has 1 nitrogen and oxygen atoms in total. The predicted molar refractivity (Wildman–Crippen MR) is 88.9 cm³/mol. The monoisotopic (exact) mass is 357 g/mol. The summed E-state index contributed by atoms with van der Waals surface area (Å²) in [7, 11) is 3.75. The fourth-order valence-electron chi connectivity index (χ4n) is 2.98. The van der Waals surface area contributed by atoms with Gasteiger partial charge in [0.2, 0.25) is 0 Å². The molecule has 1 aromatic carbocycles. The fraction of sp³-hybridized carbons (Fsp3) is 0.368. The van der Waals surface area contributed by atoms with Gasteiger partial charge >= 0.3 is 122 Å². The second kappa shape index (κ2) is 8.06. The van der Waals surface area contributed by atoms with Gasteiger partial charge in [-0.1, -0.05) is 0 Å². The van der Waals surface area contributed by atoms with Crippen molar-refractivity contribution in [2.45, 2.75) is 29.3 Å². The topological polar surface area (TPSA) is 12.0 Å². The molecule has 0 radical (unpaired) electrons. The van der Waals surface area contributed by atoms with Gasteiger partial charge in [-0.3, -0.25) is 0 Å². The van der Waals surface area contributed by atoms with Gasteiger partial charge in [-0.25, -0.2) is 0 Å². The molecular formula is C19H25NZr. The van der Waals surface area contributed by atoms with Crippen molar-refractivity contribution in [3.8, 4) is 0 Å². The summed E-state index contributed by atoms with van der Waals surface area (Å²) in [6.07, 6.45) is 15.6. The van der Waals surface area contributed by atoms with E-state index in [0.717, 1.165) is 0 Å². The molecule has 1 atom stereocenters. The van der Waals surface area contributed by atoms with Crippen molar-refractivity contribution < 1.29 is 23.2 Å². The molecule has 2 heteroatoms. The maximum atomic E-state index is 2.75. The molecule has 0 saturated carbocycles. The third-order valence-corrected chi connectivity index (χ3v) is 8.27. The molecule has 2 aliphatic carbocycles. The van der Waals surface area contributed by atoms with Crippen molar-refractivity contribution in [2.24, 2.45) is 0 Å². The average molecular weight is 359 g/mol. The third kappa shape index (κ3) is 3.93. The summed E-state index contributed by atoms with van der Waals surface area (Å²) in [6.45, 7) is 2.32. The van der Waals surface area contributed by atoms with E-state index in [0.29, 0.717) is 3.12 Å². The Balaban J connectivity index is 0.000000497. The van der Waals surface area contributed by atoms with Gasteiger partial charge in [-0.05, 0) is 14.1 Å². The van der Waals surface area contributed by atoms with E-state index in [1.807, 2.05) is 14.1 Å². The van der Waals surface area contributed by atoms with Gasteiger partial charge in [0.25, 0.3) is 0 Å². The summed E-state index contributed by atoms with van der Waals surface area (Å²) in [5.41, 5.74) is 3.06. The summed E-state index contributed by atoms with van der Waals surface area (Å²) in [4.78, 5) is 0. The summed E-state index contributed by atoms with van der Waals surface area (Å²) in [5.74, 6) is 0. The van der Waals surface area contributed by atoms with Crippen LogP contribution in [0, 0.1) is 0 Å². The minimum Gasteiger partial charge on any atom is -0.323 e. The van der Waals surface area contributed by atoms with Gasteiger partial charge in [0.1, 0.15) is 0 Å². The van der Waals surface area contributed by atoms with E-state index >= 15 is 0 Å². The van der Waals surface area contributed by atoms with Gasteiger partial charge in [-0.15, -0.1) is 0 Å². The van der Waals surface area contributed by atoms with Crippen LogP contribution in [0.3, 0.4) is 0 Å². The second-order valence-corrected chi connectivity index (χ2v) is 9.98. The van der Waals surface area contributed by atoms with Crippen LogP contribution in [0.2, 0.25) is 0 Å². The molecule has 0 heterocycles. The molecule has 1 aromatic rings. The first-order valence-corrected chi connectivity index (χ1v) is 10.2. The van der Waals surface area contributed by atoms with E-state index in [4.69, 9.17) is 0 Å². The first-order valence-electron chi connectivity index (χ1n) is 7.77. The van der Waals surface area contributed by atoms with Gasteiger partial charge in [0.05, 0.1) is 0 Å². The first-order chi connectivity index (χ1) is 10.3. The smallest absolute Gasteiger partial charge is 0.0167 e. The van der Waals surface area contributed by atoms with Crippen molar-refractivity contribution in [3.63, 3.8) is 0 Å². The van der Waals surface area contributed by atoms with Gasteiger partial charge in [-0.2, -0.15) is 0 Å². The Morgan fingerprint density at radius 3 is 2.67 bits per heavy atom. The van der Waals surface area contributed by atoms with E-state index in [1.165, 1.54) is 24.8 Å². The number of hydrogen-bond acceptors (Lipinski definition) is 1. The number of nitrogens with one attached hydrogen (secondary N) is 1. The van der Waals surface area contributed by atoms with Gasteiger partial charge in [0, 0.05) is 0 Å². The zero-order valence-electron chi connectivity index (χ0n) is 13.3. The molecule has 21 heavy (non-hydrogen) atoms. The number of allylic oxidation sites excluding steroid dienone is 5. The minimum atomic E-state index is -0.571. The van der Waals surface area contributed by atoms with E-state index in [1.54, 1.807) is 8.84 Å². The molecule has 0 fully saturated rings. The van der Waals surface area contributed by atoms with Crippen LogP contribution >= 0.6 is 0 Å². The van der Waals surface area contributed by atoms with E-state index in [9.17, 15) is 0 Å². The van der Waals surface area contributed by atoms with Crippen molar-refractivity contribution in [3.05, 3.63) is 63.0 Å². The van der Waals surface area contributed by atoms with Crippen LogP contribution in [0.4, 0.5) is 0 Å². The molecule has 0 saturated heterocycles. The molecule has 0 aromatic heterocycles. The molecule has 1 unspecified atom stereocenters. The Labute approximate surface area is 140 Å². The quantitative estimate of drug-likeness (QED) is 0.837. The SMILES string of the molecule is CCC[C]1([Zr][C]2=CC=CC2)C=Cc2ccccc21.CNC. The zero-order valence-corrected chi connectivity index (χ0v) is 15.8. The number of hydrogen-bond donors (Lipinski definition) is 1. The maximum absolute atomic E-state index is 2.75. The summed E-state index contributed by atoms with van der Waals surface area (Å²) in [5, 5.41) is 2.75. The Kier molecular flexibility index (Phi) is 6.39. The van der Waals surface area contributed by atoms with Crippen molar-refractivity contribution in [1.29, 1.82) is 0 Å². The molecule has 0 amide bonds. The average Bonchev–Trinajstić information content (AvgIpc) is 3.10. The molecule has 3 rings (SSSR count). The first kappa shape index (κ1) is 16.7. The predicted octanol–water partition coefficient (Wildman–Crippen LogP) is 4.47. The van der Waals surface area contributed by atoms with Crippen LogP contribution in [0.1, 0.15) is 37.3 Å². The van der Waals surface area contributed by atoms with Crippen molar-refractivity contribution >= 4 is 6.08 Å². The molecule has 110 valence electrons. The largest absolute Gasteiger partial charge is 0.323 e. The van der Waals surface area contributed by atoms with E-state index in [2.05, 4.69) is 66.9 Å². The number of rotatable bonds is 4. The Morgan fingerprint density at radius 2 is 2.00 bits per heavy atom. The summed E-state index contributed by atoms with van der Waals surface area (Å²) in [6, 6.07) is 8.99. The summed E-state index contributed by atoms with van der Waals surface area (Å²) < 4.78 is 2.17. The molecule has 2 aliphatic rings. The van der Waals surface area contributed by atoms with E-state index in [-0.39, 0.29) is 0 Å². The van der Waals surface area contributed by atoms with Crippen LogP contribution in [-0.4, -0.2) is 14.1 Å². The number of benzene rings is 1. The third-order valence-electron chi connectivity index (χ3n) is 3.79. The van der Waals surface area contributed by atoms with Crippen LogP contribution in [0.15, 0.2) is 51.9 Å². The van der Waals surface area contributed by atoms with Crippen molar-refractivity contribution in [1.82, 2.24) is 5.32 Å². The molecule has 1 N–H and O–H groups in total. The summed E-state index contributed by atoms with van der Waals surface area (Å²) >= 11 is -0.571. The Hall–Kier alpha value is -0.717. The van der Waals surface area contributed by atoms with Crippen molar-refractivity contribution in [2.75, 3.05) is 14.1 Å². The standard InChI is InChI=1S/C12H13.C5H5.C2H7N.Zr/c1-2-5-10-8-9-11-6-3-4-7-12(10)11;1-2-4-5-3-1;1-3-2;/h3-4,6-9H,2,5H2,1H3;1-3H,4H2;3H,1-2H3;. The van der Waals surface area contributed by atoms with Crippen LogP contribution in [-0.2, 0) is 26.4 Å². The zero-order chi connectivity index (χ0) is 15.1. The molecule has 0 bridgehead atoms. The van der Waals surface area contributed by atoms with Gasteiger partial charge in [0.15, 0.2) is 0 Å². The second-order valence-electron chi connectivity index (χ2n) is 5.59. The Morgan fingerprint density at radius 1 is 1.24 bits per heavy atom. The van der Waals surface area contributed by atoms with Crippen LogP contribution in [0.5, 0.6) is 0 Å². The van der Waals surface area contributed by atoms with Crippen LogP contribution in [0.25, 0.3) is 6.08 Å². The molecular weight excluding hydrogens is 333 g/mol. The normalized spacial score (nSPS) is 21.6. The van der Waals surface area contributed by atoms with Gasteiger partial charge < -0.3 is 5.32 Å². The fourth-order valence-corrected chi connectivity index (χ4v) is 7.59. The van der Waals surface area contributed by atoms with E-state index < -0.39 is 23.2 Å². The number of fused-ring (bicyclic) bond motifs is 1.